The molecule has 1 rings (SSSR count). The minimum atomic E-state index is -0.277. The van der Waals surface area contributed by atoms with Crippen LogP contribution in [0.3, 0.4) is 0 Å². The Morgan fingerprint density at radius 2 is 2.10 bits per heavy atom. The standard InChI is InChI=1S/C15H23BrN2O2/c1-11-6-7-12(16)10-13(11)20-9-5-4-8-15(2,3)14(17)18-19/h6-7,10,19H,4-5,8-9H2,1-3H3,(H2,17,18). The van der Waals surface area contributed by atoms with Crippen molar-refractivity contribution in [3.63, 3.8) is 0 Å². The lowest BCUT2D eigenvalue weighted by Crippen LogP contribution is -2.31. The first-order valence-electron chi connectivity index (χ1n) is 6.74. The van der Waals surface area contributed by atoms with E-state index in [1.165, 1.54) is 0 Å². The van der Waals surface area contributed by atoms with Gasteiger partial charge in [0.2, 0.25) is 0 Å². The van der Waals surface area contributed by atoms with Crippen LogP contribution in [-0.4, -0.2) is 17.6 Å². The van der Waals surface area contributed by atoms with Gasteiger partial charge in [0.25, 0.3) is 0 Å². The smallest absolute Gasteiger partial charge is 0.144 e. The van der Waals surface area contributed by atoms with E-state index >= 15 is 0 Å². The number of benzene rings is 1. The summed E-state index contributed by atoms with van der Waals surface area (Å²) in [5, 5.41) is 11.8. The molecule has 0 bridgehead atoms. The molecule has 0 saturated carbocycles. The Bertz CT molecular complexity index is 473. The normalized spacial score (nSPS) is 12.5. The van der Waals surface area contributed by atoms with Crippen molar-refractivity contribution in [2.45, 2.75) is 40.0 Å². The van der Waals surface area contributed by atoms with Gasteiger partial charge in [-0.2, -0.15) is 0 Å². The second kappa shape index (κ2) is 7.53. The fraction of sp³-hybridized carbons (Fsp3) is 0.533. The monoisotopic (exact) mass is 342 g/mol. The fourth-order valence-corrected chi connectivity index (χ4v) is 2.18. The van der Waals surface area contributed by atoms with Gasteiger partial charge >= 0.3 is 0 Å². The van der Waals surface area contributed by atoms with Crippen LogP contribution in [0.15, 0.2) is 27.8 Å². The molecule has 0 radical (unpaired) electrons. The van der Waals surface area contributed by atoms with E-state index < -0.39 is 0 Å². The van der Waals surface area contributed by atoms with Crippen molar-refractivity contribution in [1.82, 2.24) is 0 Å². The molecule has 1 aromatic carbocycles. The van der Waals surface area contributed by atoms with Crippen LogP contribution in [-0.2, 0) is 0 Å². The van der Waals surface area contributed by atoms with Crippen molar-refractivity contribution in [2.24, 2.45) is 16.3 Å². The molecule has 0 unspecified atom stereocenters. The topological polar surface area (TPSA) is 67.8 Å². The highest BCUT2D eigenvalue weighted by atomic mass is 79.9. The van der Waals surface area contributed by atoms with Crippen molar-refractivity contribution in [1.29, 1.82) is 0 Å². The quantitative estimate of drug-likeness (QED) is 0.258. The van der Waals surface area contributed by atoms with E-state index in [2.05, 4.69) is 21.1 Å². The molecule has 1 aromatic rings. The molecule has 3 N–H and O–H groups in total. The van der Waals surface area contributed by atoms with Gasteiger partial charge in [0, 0.05) is 9.89 Å². The van der Waals surface area contributed by atoms with Crippen LogP contribution in [0.1, 0.15) is 38.7 Å². The highest BCUT2D eigenvalue weighted by Crippen LogP contribution is 2.25. The first kappa shape index (κ1) is 16.8. The number of hydrogen-bond donors (Lipinski definition) is 2. The van der Waals surface area contributed by atoms with E-state index in [9.17, 15) is 0 Å². The van der Waals surface area contributed by atoms with E-state index in [-0.39, 0.29) is 11.3 Å². The summed E-state index contributed by atoms with van der Waals surface area (Å²) < 4.78 is 6.80. The molecular weight excluding hydrogens is 320 g/mol. The zero-order valence-electron chi connectivity index (χ0n) is 12.3. The maximum Gasteiger partial charge on any atom is 0.144 e. The van der Waals surface area contributed by atoms with E-state index in [4.69, 9.17) is 15.7 Å². The van der Waals surface area contributed by atoms with Gasteiger partial charge in [-0.1, -0.05) is 41.0 Å². The summed E-state index contributed by atoms with van der Waals surface area (Å²) in [7, 11) is 0. The number of aryl methyl sites for hydroxylation is 1. The van der Waals surface area contributed by atoms with Crippen molar-refractivity contribution < 1.29 is 9.94 Å². The molecule has 0 aromatic heterocycles. The molecule has 0 aliphatic rings. The predicted molar refractivity (Wildman–Crippen MR) is 85.4 cm³/mol. The lowest BCUT2D eigenvalue weighted by Gasteiger charge is -2.22. The summed E-state index contributed by atoms with van der Waals surface area (Å²) in [6, 6.07) is 6.01. The molecule has 4 nitrogen and oxygen atoms in total. The third-order valence-corrected chi connectivity index (χ3v) is 3.90. The largest absolute Gasteiger partial charge is 0.493 e. The average Bonchev–Trinajstić information content (AvgIpc) is 2.41. The van der Waals surface area contributed by atoms with Crippen LogP contribution in [0.4, 0.5) is 0 Å². The number of rotatable bonds is 7. The van der Waals surface area contributed by atoms with Gasteiger partial charge in [-0.25, -0.2) is 0 Å². The molecule has 0 atom stereocenters. The van der Waals surface area contributed by atoms with Gasteiger partial charge in [0.1, 0.15) is 11.6 Å². The highest BCUT2D eigenvalue weighted by Gasteiger charge is 2.22. The molecule has 5 heteroatoms. The number of ether oxygens (including phenoxy) is 1. The molecule has 0 aliphatic carbocycles. The zero-order valence-corrected chi connectivity index (χ0v) is 13.9. The van der Waals surface area contributed by atoms with Crippen molar-refractivity contribution in [3.05, 3.63) is 28.2 Å². The number of nitrogens with zero attached hydrogens (tertiary/aromatic N) is 1. The van der Waals surface area contributed by atoms with Crippen LogP contribution >= 0.6 is 15.9 Å². The molecule has 0 saturated heterocycles. The van der Waals surface area contributed by atoms with Crippen molar-refractivity contribution >= 4 is 21.8 Å². The SMILES string of the molecule is Cc1ccc(Br)cc1OCCCCC(C)(C)/C(N)=N/O. The summed E-state index contributed by atoms with van der Waals surface area (Å²) in [6.07, 6.45) is 2.77. The van der Waals surface area contributed by atoms with Crippen molar-refractivity contribution in [3.8, 4) is 5.75 Å². The van der Waals surface area contributed by atoms with Crippen LogP contribution in [0, 0.1) is 12.3 Å². The van der Waals surface area contributed by atoms with Gasteiger partial charge in [0.15, 0.2) is 0 Å². The summed E-state index contributed by atoms with van der Waals surface area (Å²) in [5.74, 6) is 1.19. The molecule has 0 aliphatic heterocycles. The number of unbranched alkanes of at least 4 members (excludes halogenated alkanes) is 1. The summed E-state index contributed by atoms with van der Waals surface area (Å²) in [4.78, 5) is 0. The zero-order chi connectivity index (χ0) is 15.2. The van der Waals surface area contributed by atoms with E-state index in [0.717, 1.165) is 35.0 Å². The summed E-state index contributed by atoms with van der Waals surface area (Å²) >= 11 is 3.44. The molecule has 112 valence electrons. The van der Waals surface area contributed by atoms with E-state index in [0.29, 0.717) is 6.61 Å². The minimum Gasteiger partial charge on any atom is -0.493 e. The Hall–Kier alpha value is -1.23. The second-order valence-electron chi connectivity index (χ2n) is 5.58. The first-order valence-corrected chi connectivity index (χ1v) is 7.53. The van der Waals surface area contributed by atoms with Crippen LogP contribution < -0.4 is 10.5 Å². The second-order valence-corrected chi connectivity index (χ2v) is 6.50. The lowest BCUT2D eigenvalue weighted by atomic mass is 9.86. The lowest BCUT2D eigenvalue weighted by molar-refractivity contribution is 0.287. The maximum absolute atomic E-state index is 8.71. The van der Waals surface area contributed by atoms with Gasteiger partial charge in [0.05, 0.1) is 6.61 Å². The number of halogens is 1. The Morgan fingerprint density at radius 3 is 2.75 bits per heavy atom. The first-order chi connectivity index (χ1) is 9.36. The molecule has 0 amide bonds. The van der Waals surface area contributed by atoms with Gasteiger partial charge in [-0.3, -0.25) is 0 Å². The fourth-order valence-electron chi connectivity index (χ4n) is 1.84. The predicted octanol–water partition coefficient (Wildman–Crippen LogP) is 4.08. The third-order valence-electron chi connectivity index (χ3n) is 3.41. The Kier molecular flexibility index (Phi) is 6.33. The number of hydrogen-bond acceptors (Lipinski definition) is 3. The van der Waals surface area contributed by atoms with E-state index in [1.807, 2.05) is 39.0 Å². The third kappa shape index (κ3) is 5.04. The highest BCUT2D eigenvalue weighted by molar-refractivity contribution is 9.10. The molecular formula is C15H23BrN2O2. The Labute approximate surface area is 129 Å². The summed E-state index contributed by atoms with van der Waals surface area (Å²) in [6.45, 7) is 6.65. The van der Waals surface area contributed by atoms with Crippen LogP contribution in [0.2, 0.25) is 0 Å². The van der Waals surface area contributed by atoms with Crippen LogP contribution in [0.25, 0.3) is 0 Å². The van der Waals surface area contributed by atoms with Crippen LogP contribution in [0.5, 0.6) is 5.75 Å². The number of nitrogens with two attached hydrogens (primary N) is 1. The Morgan fingerprint density at radius 1 is 1.40 bits per heavy atom. The average molecular weight is 343 g/mol. The van der Waals surface area contributed by atoms with Gasteiger partial charge in [-0.05, 0) is 43.9 Å². The molecule has 20 heavy (non-hydrogen) atoms. The van der Waals surface area contributed by atoms with Crippen molar-refractivity contribution in [2.75, 3.05) is 6.61 Å². The van der Waals surface area contributed by atoms with E-state index in [1.54, 1.807) is 0 Å². The maximum atomic E-state index is 8.71. The molecule has 0 fully saturated rings. The summed E-state index contributed by atoms with van der Waals surface area (Å²) in [5.41, 5.74) is 6.51. The minimum absolute atomic E-state index is 0.277. The number of oxime groups is 1. The van der Waals surface area contributed by atoms with Gasteiger partial charge in [-0.15, -0.1) is 0 Å². The van der Waals surface area contributed by atoms with Gasteiger partial charge < -0.3 is 15.7 Å². The number of amidine groups is 1. The molecule has 0 spiro atoms. The molecule has 0 heterocycles. The Balaban J connectivity index is 2.34.